The van der Waals surface area contributed by atoms with E-state index >= 15 is 0 Å². The Bertz CT molecular complexity index is 3130. The predicted octanol–water partition coefficient (Wildman–Crippen LogP) is 10.4. The Morgan fingerprint density at radius 1 is 0.525 bits per heavy atom. The molecule has 0 bridgehead atoms. The van der Waals surface area contributed by atoms with Crippen molar-refractivity contribution in [2.75, 3.05) is 16.5 Å². The minimum absolute atomic E-state index is 0. The van der Waals surface area contributed by atoms with Crippen molar-refractivity contribution < 1.29 is 21.1 Å². The van der Waals surface area contributed by atoms with E-state index in [1.807, 2.05) is 6.20 Å². The average molecular weight is 980 g/mol. The Hall–Kier alpha value is -6.78. The number of pyridine rings is 1. The van der Waals surface area contributed by atoms with Crippen LogP contribution in [-0.4, -0.2) is 24.3 Å². The molecule has 2 aromatic heterocycles. The zero-order valence-electron chi connectivity index (χ0n) is 33.5. The summed E-state index contributed by atoms with van der Waals surface area (Å²) >= 11 is 0. The maximum absolute atomic E-state index is 5.04. The van der Waals surface area contributed by atoms with E-state index < -0.39 is 8.07 Å². The fourth-order valence-corrected chi connectivity index (χ4v) is 13.9. The Morgan fingerprint density at radius 2 is 1.15 bits per heavy atom. The molecule has 3 heterocycles. The third-order valence-corrected chi connectivity index (χ3v) is 16.7. The summed E-state index contributed by atoms with van der Waals surface area (Å²) in [6, 6.07) is 82.7. The van der Waals surface area contributed by atoms with Crippen molar-refractivity contribution >= 4 is 73.4 Å². The van der Waals surface area contributed by atoms with Crippen LogP contribution in [0.1, 0.15) is 5.56 Å². The van der Waals surface area contributed by atoms with Crippen molar-refractivity contribution in [2.45, 2.75) is 6.92 Å². The number of hydrogen-bond donors (Lipinski definition) is 0. The fraction of sp³-hybridized carbons (Fsp3) is 0.0364. The van der Waals surface area contributed by atoms with Gasteiger partial charge in [-0.05, 0) is 81.8 Å². The number of aromatic nitrogens is 2. The normalized spacial score (nSPS) is 12.4. The second-order valence-electron chi connectivity index (χ2n) is 15.5. The molecule has 0 saturated heterocycles. The van der Waals surface area contributed by atoms with E-state index in [9.17, 15) is 0 Å². The van der Waals surface area contributed by atoms with Crippen LogP contribution in [0, 0.1) is 19.1 Å². The van der Waals surface area contributed by atoms with Crippen LogP contribution in [0.2, 0.25) is 0 Å². The van der Waals surface area contributed by atoms with E-state index in [-0.39, 0.29) is 21.1 Å². The largest absolute Gasteiger partial charge is 2.00 e. The van der Waals surface area contributed by atoms with Gasteiger partial charge in [-0.1, -0.05) is 145 Å². The number of fused-ring (bicyclic) bond motifs is 4. The van der Waals surface area contributed by atoms with Crippen LogP contribution >= 0.6 is 0 Å². The molecule has 0 atom stereocenters. The standard InChI is InChI=1S/C55H40N4Si.Pt/c1-40-18-11-12-27-48(40)41-34-35-56-55(36-41)59-51-29-14-13-28-49(51)50-33-32-47(38-54(50)59)60(44-22-7-3-8-23-44,45-24-9-4-10-25-45)46-26-17-21-43(37-46)58-39-57(42-19-5-2-6-20-42)52-30-15-16-31-53(52)58;/h2-36H,39H2,1H3;/q-2;+2. The second kappa shape index (κ2) is 16.0. The monoisotopic (exact) mass is 979 g/mol. The Balaban J connectivity index is 0.00000445. The molecule has 0 saturated carbocycles. The van der Waals surface area contributed by atoms with E-state index in [4.69, 9.17) is 4.98 Å². The van der Waals surface area contributed by atoms with Crippen molar-refractivity contribution in [3.63, 3.8) is 0 Å². The third-order valence-electron chi connectivity index (χ3n) is 12.1. The molecule has 0 unspecified atom stereocenters. The van der Waals surface area contributed by atoms with Crippen LogP contribution in [0.4, 0.5) is 22.7 Å². The zero-order valence-corrected chi connectivity index (χ0v) is 36.8. The Kier molecular flexibility index (Phi) is 10.1. The van der Waals surface area contributed by atoms with Gasteiger partial charge in [0.15, 0.2) is 0 Å². The molecule has 61 heavy (non-hydrogen) atoms. The van der Waals surface area contributed by atoms with E-state index in [0.717, 1.165) is 44.4 Å². The van der Waals surface area contributed by atoms with Crippen molar-refractivity contribution in [3.8, 4) is 16.9 Å². The van der Waals surface area contributed by atoms with Gasteiger partial charge in [0.05, 0.1) is 18.0 Å². The van der Waals surface area contributed by atoms with Crippen molar-refractivity contribution in [2.24, 2.45) is 0 Å². The molecule has 1 aliphatic heterocycles. The van der Waals surface area contributed by atoms with Crippen LogP contribution < -0.4 is 30.5 Å². The van der Waals surface area contributed by atoms with Crippen molar-refractivity contribution in [1.29, 1.82) is 0 Å². The molecule has 0 fully saturated rings. The number of nitrogens with zero attached hydrogens (tertiary/aromatic N) is 4. The van der Waals surface area contributed by atoms with Gasteiger partial charge in [-0.15, -0.1) is 11.5 Å². The first-order chi connectivity index (χ1) is 29.7. The SMILES string of the molecule is Cc1ccccc1-c1ccnc(-n2c3[c-]c([Si](c4[c-]c(N5CN(c6ccccc6)c6ccccc65)ccc4)(c4ccccc4)c4ccccc4)ccc3c3ccccc32)c1.[Pt+2]. The fourth-order valence-electron chi connectivity index (χ4n) is 9.35. The summed E-state index contributed by atoms with van der Waals surface area (Å²) in [5, 5.41) is 7.20. The molecule has 294 valence electrons. The number of hydrogen-bond acceptors (Lipinski definition) is 3. The molecule has 10 aromatic rings. The number of anilines is 4. The predicted molar refractivity (Wildman–Crippen MR) is 252 cm³/mol. The van der Waals surface area contributed by atoms with Crippen LogP contribution in [0.5, 0.6) is 0 Å². The van der Waals surface area contributed by atoms with Crippen LogP contribution in [-0.2, 0) is 21.1 Å². The minimum atomic E-state index is -3.10. The summed E-state index contributed by atoms with van der Waals surface area (Å²) in [6.45, 7) is 2.85. The average Bonchev–Trinajstić information content (AvgIpc) is 3.87. The molecule has 0 radical (unpaired) electrons. The van der Waals surface area contributed by atoms with Gasteiger partial charge in [0, 0.05) is 17.4 Å². The summed E-state index contributed by atoms with van der Waals surface area (Å²) in [5.74, 6) is 0.867. The maximum Gasteiger partial charge on any atom is 2.00 e. The second-order valence-corrected chi connectivity index (χ2v) is 19.2. The first kappa shape index (κ1) is 38.4. The maximum atomic E-state index is 5.04. The molecule has 4 nitrogen and oxygen atoms in total. The van der Waals surface area contributed by atoms with E-state index in [0.29, 0.717) is 6.67 Å². The summed E-state index contributed by atoms with van der Waals surface area (Å²) in [4.78, 5) is 9.83. The molecule has 6 heteroatoms. The van der Waals surface area contributed by atoms with Gasteiger partial charge in [-0.3, -0.25) is 0 Å². The van der Waals surface area contributed by atoms with Gasteiger partial charge in [-0.25, -0.2) is 4.98 Å². The first-order valence-corrected chi connectivity index (χ1v) is 22.5. The molecule has 11 rings (SSSR count). The molecule has 0 N–H and O–H groups in total. The number of benzene rings is 8. The Labute approximate surface area is 372 Å². The summed E-state index contributed by atoms with van der Waals surface area (Å²) in [5.41, 5.74) is 10.2. The third kappa shape index (κ3) is 6.44. The summed E-state index contributed by atoms with van der Waals surface area (Å²) in [6.07, 6.45) is 1.93. The van der Waals surface area contributed by atoms with E-state index in [1.54, 1.807) is 0 Å². The van der Waals surface area contributed by atoms with Gasteiger partial charge >= 0.3 is 21.1 Å². The smallest absolute Gasteiger partial charge is 0.345 e. The molecule has 0 amide bonds. The quantitative estimate of drug-likeness (QED) is 0.0862. The topological polar surface area (TPSA) is 24.3 Å². The van der Waals surface area contributed by atoms with E-state index in [2.05, 4.69) is 240 Å². The first-order valence-electron chi connectivity index (χ1n) is 20.5. The molecule has 8 aromatic carbocycles. The van der Waals surface area contributed by atoms with Gasteiger partial charge < -0.3 is 14.4 Å². The minimum Gasteiger partial charge on any atom is -0.345 e. The zero-order chi connectivity index (χ0) is 40.0. The molecular weight excluding hydrogens is 940 g/mol. The van der Waals surface area contributed by atoms with Crippen LogP contribution in [0.3, 0.4) is 0 Å². The van der Waals surface area contributed by atoms with Gasteiger partial charge in [0.1, 0.15) is 13.9 Å². The number of aryl methyl sites for hydroxylation is 1. The van der Waals surface area contributed by atoms with E-state index in [1.165, 1.54) is 43.4 Å². The summed E-state index contributed by atoms with van der Waals surface area (Å²) < 4.78 is 2.31. The van der Waals surface area contributed by atoms with Gasteiger partial charge in [-0.2, -0.15) is 46.8 Å². The van der Waals surface area contributed by atoms with Crippen LogP contribution in [0.25, 0.3) is 38.8 Å². The summed E-state index contributed by atoms with van der Waals surface area (Å²) in [7, 11) is -3.10. The molecular formula is C55H40N4PtSi. The van der Waals surface area contributed by atoms with Gasteiger partial charge in [0.2, 0.25) is 0 Å². The molecule has 0 spiro atoms. The number of para-hydroxylation sites is 4. The van der Waals surface area contributed by atoms with Crippen molar-refractivity contribution in [1.82, 2.24) is 9.55 Å². The van der Waals surface area contributed by atoms with Crippen molar-refractivity contribution in [3.05, 3.63) is 230 Å². The Morgan fingerprint density at radius 3 is 1.89 bits per heavy atom. The molecule has 1 aliphatic rings. The van der Waals surface area contributed by atoms with Crippen LogP contribution in [0.15, 0.2) is 212 Å². The number of rotatable bonds is 8. The van der Waals surface area contributed by atoms with Gasteiger partial charge in [0.25, 0.3) is 0 Å². The molecule has 0 aliphatic carbocycles.